The van der Waals surface area contributed by atoms with Crippen molar-refractivity contribution in [3.8, 4) is 0 Å². The Balaban J connectivity index is 2.15. The van der Waals surface area contributed by atoms with Crippen LogP contribution >= 0.6 is 23.2 Å². The Morgan fingerprint density at radius 3 is 2.82 bits per heavy atom. The Kier molecular flexibility index (Phi) is 3.92. The molecular formula is C12H14Cl2N2O. The van der Waals surface area contributed by atoms with Crippen molar-refractivity contribution >= 4 is 29.1 Å². The van der Waals surface area contributed by atoms with Crippen molar-refractivity contribution in [1.29, 1.82) is 0 Å². The van der Waals surface area contributed by atoms with Crippen LogP contribution in [0.15, 0.2) is 18.2 Å². The smallest absolute Gasteiger partial charge is 0.255 e. The molecule has 0 saturated carbocycles. The lowest BCUT2D eigenvalue weighted by Crippen LogP contribution is -2.33. The van der Waals surface area contributed by atoms with Gasteiger partial charge in [0, 0.05) is 24.2 Å². The zero-order valence-corrected chi connectivity index (χ0v) is 11.1. The number of likely N-dealkylation sites (N-methyl/N-ethyl adjacent to an activating group) is 1. The van der Waals surface area contributed by atoms with Crippen LogP contribution in [0.5, 0.6) is 0 Å². The Morgan fingerprint density at radius 1 is 1.47 bits per heavy atom. The fraction of sp³-hybridized carbons (Fsp3) is 0.417. The molecule has 0 radical (unpaired) electrons. The summed E-state index contributed by atoms with van der Waals surface area (Å²) in [5.41, 5.74) is 0.521. The Labute approximate surface area is 111 Å². The molecule has 1 aliphatic rings. The fourth-order valence-corrected chi connectivity index (χ4v) is 2.50. The van der Waals surface area contributed by atoms with Crippen molar-refractivity contribution in [2.75, 3.05) is 20.1 Å². The maximum absolute atomic E-state index is 12.2. The van der Waals surface area contributed by atoms with E-state index in [9.17, 15) is 4.79 Å². The molecule has 2 rings (SSSR count). The van der Waals surface area contributed by atoms with E-state index in [0.29, 0.717) is 21.7 Å². The van der Waals surface area contributed by atoms with Gasteiger partial charge in [-0.1, -0.05) is 23.2 Å². The van der Waals surface area contributed by atoms with Gasteiger partial charge in [-0.05, 0) is 31.7 Å². The van der Waals surface area contributed by atoms with Crippen LogP contribution in [0.4, 0.5) is 0 Å². The maximum atomic E-state index is 12.2. The van der Waals surface area contributed by atoms with Crippen LogP contribution in [0, 0.1) is 0 Å². The summed E-state index contributed by atoms with van der Waals surface area (Å²) in [6, 6.07) is 5.35. The van der Waals surface area contributed by atoms with E-state index in [-0.39, 0.29) is 5.91 Å². The van der Waals surface area contributed by atoms with Crippen molar-refractivity contribution < 1.29 is 4.79 Å². The summed E-state index contributed by atoms with van der Waals surface area (Å²) in [7, 11) is 1.91. The van der Waals surface area contributed by atoms with Gasteiger partial charge in [0.25, 0.3) is 5.91 Å². The highest BCUT2D eigenvalue weighted by Gasteiger charge is 2.26. The molecule has 0 aliphatic carbocycles. The second-order valence-electron chi connectivity index (χ2n) is 4.15. The first-order chi connectivity index (χ1) is 8.11. The highest BCUT2D eigenvalue weighted by Crippen LogP contribution is 2.23. The van der Waals surface area contributed by atoms with Crippen LogP contribution in [0.25, 0.3) is 0 Å². The van der Waals surface area contributed by atoms with Crippen LogP contribution in [0.3, 0.4) is 0 Å². The number of nitrogens with one attached hydrogen (secondary N) is 1. The lowest BCUT2D eigenvalue weighted by molar-refractivity contribution is 0.0790. The van der Waals surface area contributed by atoms with Gasteiger partial charge in [-0.25, -0.2) is 0 Å². The van der Waals surface area contributed by atoms with E-state index >= 15 is 0 Å². The number of carbonyl (C=O) groups is 1. The maximum Gasteiger partial charge on any atom is 0.255 e. The molecule has 0 aromatic heterocycles. The zero-order chi connectivity index (χ0) is 12.4. The summed E-state index contributed by atoms with van der Waals surface area (Å²) < 4.78 is 0. The molecule has 1 N–H and O–H groups in total. The summed E-state index contributed by atoms with van der Waals surface area (Å²) in [6.07, 6.45) is 0.980. The fourth-order valence-electron chi connectivity index (χ4n) is 2.01. The molecule has 1 atom stereocenters. The van der Waals surface area contributed by atoms with Gasteiger partial charge in [-0.15, -0.1) is 0 Å². The predicted octanol–water partition coefficient (Wildman–Crippen LogP) is 2.43. The molecule has 0 spiro atoms. The number of likely N-dealkylation sites (tertiary alicyclic amines) is 1. The minimum Gasteiger partial charge on any atom is -0.337 e. The molecule has 3 nitrogen and oxygen atoms in total. The number of hydrogen-bond donors (Lipinski definition) is 1. The minimum atomic E-state index is -0.0237. The van der Waals surface area contributed by atoms with Gasteiger partial charge in [-0.2, -0.15) is 0 Å². The van der Waals surface area contributed by atoms with Gasteiger partial charge in [0.05, 0.1) is 10.6 Å². The molecule has 1 aromatic carbocycles. The van der Waals surface area contributed by atoms with Crippen molar-refractivity contribution in [2.45, 2.75) is 12.5 Å². The van der Waals surface area contributed by atoms with E-state index in [2.05, 4.69) is 5.32 Å². The van der Waals surface area contributed by atoms with Crippen LogP contribution in [0.1, 0.15) is 16.8 Å². The van der Waals surface area contributed by atoms with E-state index in [0.717, 1.165) is 19.5 Å². The summed E-state index contributed by atoms with van der Waals surface area (Å²) >= 11 is 11.8. The van der Waals surface area contributed by atoms with Crippen molar-refractivity contribution in [3.05, 3.63) is 33.8 Å². The van der Waals surface area contributed by atoms with Crippen molar-refractivity contribution in [3.63, 3.8) is 0 Å². The number of carbonyl (C=O) groups excluding carboxylic acids is 1. The average molecular weight is 273 g/mol. The lowest BCUT2D eigenvalue weighted by Gasteiger charge is -2.17. The number of halogens is 2. The number of hydrogen-bond acceptors (Lipinski definition) is 2. The van der Waals surface area contributed by atoms with Crippen LogP contribution in [-0.4, -0.2) is 37.0 Å². The Hall–Kier alpha value is -0.770. The second-order valence-corrected chi connectivity index (χ2v) is 4.99. The third-order valence-electron chi connectivity index (χ3n) is 3.05. The summed E-state index contributed by atoms with van der Waals surface area (Å²) in [4.78, 5) is 14.0. The van der Waals surface area contributed by atoms with E-state index in [1.807, 2.05) is 11.9 Å². The molecule has 1 unspecified atom stereocenters. The molecule has 5 heteroatoms. The average Bonchev–Trinajstić information content (AvgIpc) is 2.76. The molecule has 1 fully saturated rings. The molecule has 1 aliphatic heterocycles. The molecule has 1 saturated heterocycles. The van der Waals surface area contributed by atoms with Gasteiger partial charge in [0.1, 0.15) is 0 Å². The van der Waals surface area contributed by atoms with Gasteiger partial charge in [-0.3, -0.25) is 4.79 Å². The number of benzene rings is 1. The summed E-state index contributed by atoms with van der Waals surface area (Å²) in [6.45, 7) is 1.50. The topological polar surface area (TPSA) is 32.3 Å². The van der Waals surface area contributed by atoms with Crippen LogP contribution in [-0.2, 0) is 0 Å². The number of nitrogens with zero attached hydrogens (tertiary/aromatic N) is 1. The molecule has 1 aromatic rings. The highest BCUT2D eigenvalue weighted by atomic mass is 35.5. The first-order valence-corrected chi connectivity index (χ1v) is 6.29. The first-order valence-electron chi connectivity index (χ1n) is 5.53. The van der Waals surface area contributed by atoms with Crippen LogP contribution in [0.2, 0.25) is 10.0 Å². The van der Waals surface area contributed by atoms with E-state index in [4.69, 9.17) is 23.2 Å². The summed E-state index contributed by atoms with van der Waals surface area (Å²) in [5.74, 6) is -0.0237. The Bertz CT molecular complexity index is 437. The number of rotatable bonds is 2. The lowest BCUT2D eigenvalue weighted by atomic mass is 10.2. The third-order valence-corrected chi connectivity index (χ3v) is 3.59. The van der Waals surface area contributed by atoms with Gasteiger partial charge < -0.3 is 10.2 Å². The minimum absolute atomic E-state index is 0.0237. The van der Waals surface area contributed by atoms with Crippen molar-refractivity contribution in [2.24, 2.45) is 0 Å². The van der Waals surface area contributed by atoms with Crippen LogP contribution < -0.4 is 5.32 Å². The largest absolute Gasteiger partial charge is 0.337 e. The normalized spacial score (nSPS) is 19.7. The quantitative estimate of drug-likeness (QED) is 0.897. The van der Waals surface area contributed by atoms with E-state index in [1.165, 1.54) is 0 Å². The first kappa shape index (κ1) is 12.7. The molecule has 1 heterocycles. The Morgan fingerprint density at radius 2 is 2.24 bits per heavy atom. The summed E-state index contributed by atoms with van der Waals surface area (Å²) in [5, 5.41) is 4.13. The van der Waals surface area contributed by atoms with Crippen molar-refractivity contribution in [1.82, 2.24) is 10.2 Å². The molecule has 1 amide bonds. The monoisotopic (exact) mass is 272 g/mol. The molecular weight excluding hydrogens is 259 g/mol. The number of amides is 1. The van der Waals surface area contributed by atoms with Gasteiger partial charge in [0.2, 0.25) is 0 Å². The molecule has 92 valence electrons. The predicted molar refractivity (Wildman–Crippen MR) is 69.8 cm³/mol. The third kappa shape index (κ3) is 2.73. The van der Waals surface area contributed by atoms with Gasteiger partial charge >= 0.3 is 0 Å². The zero-order valence-electron chi connectivity index (χ0n) is 9.54. The second kappa shape index (κ2) is 5.25. The molecule has 0 bridgehead atoms. The van der Waals surface area contributed by atoms with Gasteiger partial charge in [0.15, 0.2) is 0 Å². The highest BCUT2D eigenvalue weighted by molar-refractivity contribution is 6.36. The van der Waals surface area contributed by atoms with E-state index < -0.39 is 0 Å². The standard InChI is InChI=1S/C12H14Cl2N2O/c1-15-9-4-5-16(7-9)12(17)10-3-2-8(13)6-11(10)14/h2-3,6,9,15H,4-5,7H2,1H3. The molecule has 17 heavy (non-hydrogen) atoms. The SMILES string of the molecule is CNC1CCN(C(=O)c2ccc(Cl)cc2Cl)C1. The van der Waals surface area contributed by atoms with E-state index in [1.54, 1.807) is 18.2 Å².